The zero-order valence-corrected chi connectivity index (χ0v) is 16.9. The van der Waals surface area contributed by atoms with Gasteiger partial charge >= 0.3 is 0 Å². The predicted octanol–water partition coefficient (Wildman–Crippen LogP) is 0.990. The summed E-state index contributed by atoms with van der Waals surface area (Å²) in [6.45, 7) is 3.93. The highest BCUT2D eigenvalue weighted by Gasteiger charge is 2.24. The van der Waals surface area contributed by atoms with Crippen molar-refractivity contribution in [3.63, 3.8) is 0 Å². The maximum Gasteiger partial charge on any atom is 0.269 e. The summed E-state index contributed by atoms with van der Waals surface area (Å²) in [5.41, 5.74) is 1.86. The SMILES string of the molecule is COCCn1c(=O)/c(=C\c2ccc(C)cc2)s/c1=C(/C#N)C(=O)N1CCCC1. The van der Waals surface area contributed by atoms with Crippen LogP contribution in [0.4, 0.5) is 0 Å². The van der Waals surface area contributed by atoms with Crippen molar-refractivity contribution in [2.75, 3.05) is 26.8 Å². The third-order valence-electron chi connectivity index (χ3n) is 4.73. The first kappa shape index (κ1) is 20.1. The molecular formula is C21H23N3O3S. The van der Waals surface area contributed by atoms with E-state index in [1.807, 2.05) is 37.3 Å². The topological polar surface area (TPSA) is 75.3 Å². The second-order valence-corrected chi connectivity index (χ2v) is 7.79. The monoisotopic (exact) mass is 397 g/mol. The zero-order valence-electron chi connectivity index (χ0n) is 16.1. The number of hydrogen-bond acceptors (Lipinski definition) is 5. The van der Waals surface area contributed by atoms with E-state index in [2.05, 4.69) is 0 Å². The van der Waals surface area contributed by atoms with Gasteiger partial charge in [-0.1, -0.05) is 29.8 Å². The molecule has 2 heterocycles. The lowest BCUT2D eigenvalue weighted by Crippen LogP contribution is -2.36. The summed E-state index contributed by atoms with van der Waals surface area (Å²) in [5.74, 6) is -0.297. The van der Waals surface area contributed by atoms with Gasteiger partial charge in [-0.25, -0.2) is 0 Å². The standard InChI is InChI=1S/C21H23N3O3S/c1-15-5-7-16(8-6-15)13-18-20(26)24(11-12-27-2)21(28-18)17(14-22)19(25)23-9-3-4-10-23/h5-8,13H,3-4,9-12H2,1-2H3/b18-13+,21-17-. The van der Waals surface area contributed by atoms with Crippen LogP contribution in [0.15, 0.2) is 29.1 Å². The quantitative estimate of drug-likeness (QED) is 0.754. The molecule has 0 spiro atoms. The molecule has 1 aromatic heterocycles. The summed E-state index contributed by atoms with van der Waals surface area (Å²) in [7, 11) is 1.56. The lowest BCUT2D eigenvalue weighted by molar-refractivity contribution is -0.123. The van der Waals surface area contributed by atoms with Gasteiger partial charge < -0.3 is 9.64 Å². The summed E-state index contributed by atoms with van der Waals surface area (Å²) in [6, 6.07) is 9.89. The van der Waals surface area contributed by atoms with Crippen molar-refractivity contribution in [1.82, 2.24) is 9.47 Å². The Kier molecular flexibility index (Phi) is 6.45. The van der Waals surface area contributed by atoms with Gasteiger partial charge in [0.25, 0.3) is 11.5 Å². The molecule has 0 bridgehead atoms. The summed E-state index contributed by atoms with van der Waals surface area (Å²) in [4.78, 5) is 27.5. The van der Waals surface area contributed by atoms with Crippen molar-refractivity contribution in [2.24, 2.45) is 0 Å². The van der Waals surface area contributed by atoms with Gasteiger partial charge in [0, 0.05) is 20.2 Å². The Balaban J connectivity index is 2.18. The van der Waals surface area contributed by atoms with Gasteiger partial charge in [0.1, 0.15) is 10.7 Å². The van der Waals surface area contributed by atoms with Crippen LogP contribution in [-0.2, 0) is 16.1 Å². The average Bonchev–Trinajstić information content (AvgIpc) is 3.32. The molecule has 1 fully saturated rings. The molecule has 0 saturated carbocycles. The van der Waals surface area contributed by atoms with Gasteiger partial charge in [-0.2, -0.15) is 5.26 Å². The summed E-state index contributed by atoms with van der Waals surface area (Å²) in [5, 5.41) is 9.70. The van der Waals surface area contributed by atoms with E-state index in [0.717, 1.165) is 24.0 Å². The number of carbonyl (C=O) groups is 1. The smallest absolute Gasteiger partial charge is 0.269 e. The van der Waals surface area contributed by atoms with Gasteiger partial charge in [-0.05, 0) is 31.4 Å². The number of likely N-dealkylation sites (tertiary alicyclic amines) is 1. The molecule has 0 unspecified atom stereocenters. The largest absolute Gasteiger partial charge is 0.383 e. The third kappa shape index (κ3) is 4.24. The van der Waals surface area contributed by atoms with Gasteiger partial charge in [0.2, 0.25) is 0 Å². The molecule has 1 aliphatic rings. The molecule has 1 saturated heterocycles. The Morgan fingerprint density at radius 2 is 1.96 bits per heavy atom. The van der Waals surface area contributed by atoms with E-state index in [0.29, 0.717) is 35.4 Å². The molecule has 3 rings (SSSR count). The lowest BCUT2D eigenvalue weighted by Gasteiger charge is -2.14. The average molecular weight is 398 g/mol. The highest BCUT2D eigenvalue weighted by molar-refractivity contribution is 7.07. The van der Waals surface area contributed by atoms with Crippen molar-refractivity contribution in [1.29, 1.82) is 5.26 Å². The zero-order chi connectivity index (χ0) is 20.1. The molecule has 0 aliphatic carbocycles. The van der Waals surface area contributed by atoms with Gasteiger partial charge in [0.15, 0.2) is 5.57 Å². The Morgan fingerprint density at radius 1 is 1.29 bits per heavy atom. The second kappa shape index (κ2) is 9.00. The van der Waals surface area contributed by atoms with Crippen LogP contribution in [0.25, 0.3) is 11.6 Å². The molecule has 0 atom stereocenters. The van der Waals surface area contributed by atoms with E-state index in [1.165, 1.54) is 15.9 Å². The van der Waals surface area contributed by atoms with E-state index < -0.39 is 0 Å². The molecule has 0 N–H and O–H groups in total. The molecule has 1 amide bonds. The number of nitrogens with zero attached hydrogens (tertiary/aromatic N) is 3. The number of aryl methyl sites for hydroxylation is 1. The molecule has 1 aliphatic heterocycles. The number of benzene rings is 1. The number of ether oxygens (including phenoxy) is 1. The van der Waals surface area contributed by atoms with E-state index >= 15 is 0 Å². The number of aromatic nitrogens is 1. The van der Waals surface area contributed by atoms with Gasteiger partial charge in [-0.3, -0.25) is 14.2 Å². The van der Waals surface area contributed by atoms with Crippen LogP contribution in [0.3, 0.4) is 0 Å². The van der Waals surface area contributed by atoms with E-state index in [-0.39, 0.29) is 17.0 Å². The summed E-state index contributed by atoms with van der Waals surface area (Å²) in [6.07, 6.45) is 3.68. The van der Waals surface area contributed by atoms with E-state index in [4.69, 9.17) is 4.74 Å². The first-order valence-electron chi connectivity index (χ1n) is 9.26. The van der Waals surface area contributed by atoms with Crippen LogP contribution >= 0.6 is 11.3 Å². The fourth-order valence-electron chi connectivity index (χ4n) is 3.17. The van der Waals surface area contributed by atoms with Crippen molar-refractivity contribution in [2.45, 2.75) is 26.3 Å². The molecule has 1 aromatic carbocycles. The molecule has 2 aromatic rings. The van der Waals surface area contributed by atoms with Crippen LogP contribution < -0.4 is 14.8 Å². The maximum atomic E-state index is 13.0. The molecule has 146 valence electrons. The lowest BCUT2D eigenvalue weighted by atomic mass is 10.1. The minimum absolute atomic E-state index is 0.0312. The molecule has 28 heavy (non-hydrogen) atoms. The fraction of sp³-hybridized carbons (Fsp3) is 0.381. The Hall–Kier alpha value is -2.69. The van der Waals surface area contributed by atoms with Gasteiger partial charge in [0.05, 0.1) is 17.7 Å². The number of nitriles is 1. The number of rotatable bonds is 5. The van der Waals surface area contributed by atoms with E-state index in [9.17, 15) is 14.9 Å². The second-order valence-electron chi connectivity index (χ2n) is 6.76. The minimum atomic E-state index is -0.297. The van der Waals surface area contributed by atoms with Crippen LogP contribution in [-0.4, -0.2) is 42.2 Å². The number of amides is 1. The number of thiazole rings is 1. The number of methoxy groups -OCH3 is 1. The van der Waals surface area contributed by atoms with E-state index in [1.54, 1.807) is 18.1 Å². The molecule has 6 nitrogen and oxygen atoms in total. The first-order chi connectivity index (χ1) is 13.5. The van der Waals surface area contributed by atoms with Gasteiger partial charge in [-0.15, -0.1) is 11.3 Å². The molecule has 0 radical (unpaired) electrons. The highest BCUT2D eigenvalue weighted by Crippen LogP contribution is 2.11. The normalized spacial score (nSPS) is 15.6. The maximum absolute atomic E-state index is 13.0. The first-order valence-corrected chi connectivity index (χ1v) is 10.1. The van der Waals surface area contributed by atoms with Crippen LogP contribution in [0.2, 0.25) is 0 Å². The Labute approximate surface area is 167 Å². The Morgan fingerprint density at radius 3 is 2.57 bits per heavy atom. The molecule has 7 heteroatoms. The number of hydrogen-bond donors (Lipinski definition) is 0. The summed E-state index contributed by atoms with van der Waals surface area (Å²) < 4.78 is 7.50. The molecular weight excluding hydrogens is 374 g/mol. The predicted molar refractivity (Wildman–Crippen MR) is 109 cm³/mol. The highest BCUT2D eigenvalue weighted by atomic mass is 32.1. The van der Waals surface area contributed by atoms with Crippen molar-refractivity contribution in [3.05, 3.63) is 54.9 Å². The van der Waals surface area contributed by atoms with Crippen LogP contribution in [0.5, 0.6) is 0 Å². The fourth-order valence-corrected chi connectivity index (χ4v) is 4.29. The van der Waals surface area contributed by atoms with Crippen molar-refractivity contribution < 1.29 is 9.53 Å². The van der Waals surface area contributed by atoms with Crippen LogP contribution in [0, 0.1) is 18.3 Å². The van der Waals surface area contributed by atoms with Crippen molar-refractivity contribution >= 4 is 28.9 Å². The van der Waals surface area contributed by atoms with Crippen molar-refractivity contribution in [3.8, 4) is 6.07 Å². The number of carbonyl (C=O) groups excluding carboxylic acids is 1. The van der Waals surface area contributed by atoms with Crippen LogP contribution in [0.1, 0.15) is 24.0 Å². The third-order valence-corrected chi connectivity index (χ3v) is 5.86. The Bertz CT molecular complexity index is 1070. The minimum Gasteiger partial charge on any atom is -0.383 e. The summed E-state index contributed by atoms with van der Waals surface area (Å²) >= 11 is 1.19.